The van der Waals surface area contributed by atoms with Gasteiger partial charge in [0, 0.05) is 72.7 Å². The smallest absolute Gasteiger partial charge is 0.354 e. The number of esters is 2. The third-order valence-electron chi connectivity index (χ3n) is 6.56. The molecule has 0 bridgehead atoms. The zero-order valence-corrected chi connectivity index (χ0v) is 25.2. The van der Waals surface area contributed by atoms with Crippen molar-refractivity contribution in [2.75, 3.05) is 32.9 Å². The molecule has 3 rings (SSSR count). The molecule has 1 aromatic carbocycles. The SMILES string of the molecule is CN/C(=C\C(=N)CSCc1nn(C)c(C)c1-c1c(Cl)ccc2c(CCC(=O)OC)c(C(=O)OC)n(C)c12)CCl. The van der Waals surface area contributed by atoms with E-state index in [-0.39, 0.29) is 12.4 Å². The summed E-state index contributed by atoms with van der Waals surface area (Å²) >= 11 is 14.3. The molecule has 0 spiro atoms. The fraction of sp³-hybridized carbons (Fsp3) is 0.407. The molecule has 2 aromatic heterocycles. The number of allylic oxidation sites excluding steroid dienone is 2. The van der Waals surface area contributed by atoms with Crippen molar-refractivity contribution in [3.8, 4) is 11.1 Å². The Bertz CT molecular complexity index is 1440. The minimum absolute atomic E-state index is 0.116. The lowest BCUT2D eigenvalue weighted by molar-refractivity contribution is -0.140. The number of alkyl halides is 1. The van der Waals surface area contributed by atoms with Gasteiger partial charge in [0.05, 0.1) is 36.3 Å². The molecule has 0 aliphatic heterocycles. The van der Waals surface area contributed by atoms with Gasteiger partial charge in [0.15, 0.2) is 0 Å². The number of ether oxygens (including phenoxy) is 2. The summed E-state index contributed by atoms with van der Waals surface area (Å²) in [6.45, 7) is 1.97. The summed E-state index contributed by atoms with van der Waals surface area (Å²) in [5, 5.41) is 17.3. The van der Waals surface area contributed by atoms with Crippen molar-refractivity contribution in [3.05, 3.63) is 51.6 Å². The Balaban J connectivity index is 2.13. The maximum absolute atomic E-state index is 12.9. The van der Waals surface area contributed by atoms with Gasteiger partial charge in [0.2, 0.25) is 0 Å². The van der Waals surface area contributed by atoms with Crippen LogP contribution in [0.2, 0.25) is 5.02 Å². The van der Waals surface area contributed by atoms with E-state index in [1.54, 1.807) is 47.2 Å². The van der Waals surface area contributed by atoms with Gasteiger partial charge in [-0.25, -0.2) is 4.79 Å². The average Bonchev–Trinajstić information content (AvgIpc) is 3.37. The van der Waals surface area contributed by atoms with E-state index in [1.165, 1.54) is 14.2 Å². The number of hydrogen-bond acceptors (Lipinski definition) is 8. The van der Waals surface area contributed by atoms with Gasteiger partial charge >= 0.3 is 11.9 Å². The van der Waals surface area contributed by atoms with E-state index < -0.39 is 5.97 Å². The molecule has 0 unspecified atom stereocenters. The molecule has 0 aliphatic rings. The minimum Gasteiger partial charge on any atom is -0.469 e. The molecule has 3 aromatic rings. The highest BCUT2D eigenvalue weighted by molar-refractivity contribution is 7.99. The first-order chi connectivity index (χ1) is 18.6. The molecule has 0 radical (unpaired) electrons. The molecule has 0 saturated heterocycles. The minimum atomic E-state index is -0.501. The predicted molar refractivity (Wildman–Crippen MR) is 158 cm³/mol. The molecular formula is C27H33Cl2N5O4S. The van der Waals surface area contributed by atoms with Gasteiger partial charge in [0.1, 0.15) is 5.69 Å². The maximum atomic E-state index is 12.9. The van der Waals surface area contributed by atoms with Gasteiger partial charge in [-0.3, -0.25) is 9.48 Å². The van der Waals surface area contributed by atoms with E-state index in [9.17, 15) is 9.59 Å². The van der Waals surface area contributed by atoms with E-state index in [0.717, 1.165) is 39.1 Å². The molecule has 0 saturated carbocycles. The van der Waals surface area contributed by atoms with Crippen LogP contribution in [-0.4, -0.2) is 64.9 Å². The molecule has 39 heavy (non-hydrogen) atoms. The molecule has 0 fully saturated rings. The zero-order chi connectivity index (χ0) is 28.9. The Morgan fingerprint density at radius 3 is 2.54 bits per heavy atom. The Labute approximate surface area is 242 Å². The lowest BCUT2D eigenvalue weighted by Gasteiger charge is -2.12. The van der Waals surface area contributed by atoms with Crippen LogP contribution in [0.15, 0.2) is 23.9 Å². The largest absolute Gasteiger partial charge is 0.469 e. The second-order valence-corrected chi connectivity index (χ2v) is 10.5. The number of nitrogens with zero attached hydrogens (tertiary/aromatic N) is 3. The van der Waals surface area contributed by atoms with Gasteiger partial charge in [-0.05, 0) is 31.1 Å². The lowest BCUT2D eigenvalue weighted by atomic mass is 9.98. The summed E-state index contributed by atoms with van der Waals surface area (Å²) in [7, 11) is 8.11. The number of rotatable bonds is 12. The standard InChI is InChI=1S/C27H33Cl2N5O4S/c1-15-23(21(32-34(15)4)14-39-13-16(30)11-17(12-28)31-2)24-20(29)9-7-18-19(8-10-22(35)37-5)26(27(36)38-6)33(3)25(18)24/h7,9,11,30-31H,8,10,12-14H2,1-6H3/b17-11-,30-16?. The van der Waals surface area contributed by atoms with Crippen LogP contribution in [0.5, 0.6) is 0 Å². The highest BCUT2D eigenvalue weighted by Gasteiger charge is 2.28. The van der Waals surface area contributed by atoms with Gasteiger partial charge < -0.3 is 24.8 Å². The van der Waals surface area contributed by atoms with Crippen LogP contribution in [0.1, 0.15) is 33.9 Å². The van der Waals surface area contributed by atoms with Crippen LogP contribution >= 0.6 is 35.0 Å². The second kappa shape index (κ2) is 13.4. The van der Waals surface area contributed by atoms with Gasteiger partial charge in [-0.1, -0.05) is 17.7 Å². The number of methoxy groups -OCH3 is 2. The van der Waals surface area contributed by atoms with Crippen LogP contribution in [0, 0.1) is 12.3 Å². The molecule has 12 heteroatoms. The summed E-state index contributed by atoms with van der Waals surface area (Å²) in [5.41, 5.74) is 6.38. The first-order valence-corrected chi connectivity index (χ1v) is 14.2. The van der Waals surface area contributed by atoms with Crippen LogP contribution in [-0.2, 0) is 40.5 Å². The fourth-order valence-corrected chi connectivity index (χ4v) is 5.83. The van der Waals surface area contributed by atoms with E-state index in [0.29, 0.717) is 45.8 Å². The number of aryl methyl sites for hydroxylation is 3. The summed E-state index contributed by atoms with van der Waals surface area (Å²) in [6, 6.07) is 3.67. The van der Waals surface area contributed by atoms with Crippen molar-refractivity contribution in [2.24, 2.45) is 14.1 Å². The Morgan fingerprint density at radius 1 is 1.21 bits per heavy atom. The monoisotopic (exact) mass is 593 g/mol. The third kappa shape index (κ3) is 6.45. The second-order valence-electron chi connectivity index (χ2n) is 8.87. The van der Waals surface area contributed by atoms with Gasteiger partial charge in [0.25, 0.3) is 0 Å². The number of carbonyl (C=O) groups excluding carboxylic acids is 2. The average molecular weight is 595 g/mol. The van der Waals surface area contributed by atoms with E-state index in [1.807, 2.05) is 20.0 Å². The number of benzene rings is 1. The lowest BCUT2D eigenvalue weighted by Crippen LogP contribution is -2.11. The summed E-state index contributed by atoms with van der Waals surface area (Å²) < 4.78 is 13.5. The van der Waals surface area contributed by atoms with E-state index in [4.69, 9.17) is 43.2 Å². The molecular weight excluding hydrogens is 561 g/mol. The summed E-state index contributed by atoms with van der Waals surface area (Å²) in [4.78, 5) is 24.8. The topological polar surface area (TPSA) is 111 Å². The third-order valence-corrected chi connectivity index (χ3v) is 8.16. The molecule has 0 amide bonds. The summed E-state index contributed by atoms with van der Waals surface area (Å²) in [5.74, 6) is 0.454. The molecule has 2 heterocycles. The molecule has 9 nitrogen and oxygen atoms in total. The Kier molecular flexibility index (Phi) is 10.5. The highest BCUT2D eigenvalue weighted by Crippen LogP contribution is 2.42. The van der Waals surface area contributed by atoms with Crippen molar-refractivity contribution >= 4 is 63.5 Å². The normalized spacial score (nSPS) is 11.6. The van der Waals surface area contributed by atoms with Gasteiger partial charge in [-0.2, -0.15) is 5.10 Å². The number of aromatic nitrogens is 3. The van der Waals surface area contributed by atoms with Crippen molar-refractivity contribution < 1.29 is 19.1 Å². The number of halogens is 2. The van der Waals surface area contributed by atoms with Crippen LogP contribution in [0.3, 0.4) is 0 Å². The molecule has 210 valence electrons. The quantitative estimate of drug-likeness (QED) is 0.172. The van der Waals surface area contributed by atoms with Crippen molar-refractivity contribution in [2.45, 2.75) is 25.5 Å². The molecule has 0 aliphatic carbocycles. The summed E-state index contributed by atoms with van der Waals surface area (Å²) in [6.07, 6.45) is 2.15. The molecule has 2 N–H and O–H groups in total. The van der Waals surface area contributed by atoms with Gasteiger partial charge in [-0.15, -0.1) is 23.4 Å². The van der Waals surface area contributed by atoms with Crippen LogP contribution in [0.4, 0.5) is 0 Å². The Morgan fingerprint density at radius 2 is 1.92 bits per heavy atom. The highest BCUT2D eigenvalue weighted by atomic mass is 35.5. The van der Waals surface area contributed by atoms with Crippen molar-refractivity contribution in [1.82, 2.24) is 19.7 Å². The number of carbonyl (C=O) groups is 2. The number of fused-ring (bicyclic) bond motifs is 1. The van der Waals surface area contributed by atoms with Crippen molar-refractivity contribution in [1.29, 1.82) is 5.41 Å². The first kappa shape index (κ1) is 30.6. The Hall–Kier alpha value is -2.95. The van der Waals surface area contributed by atoms with Crippen molar-refractivity contribution in [3.63, 3.8) is 0 Å². The van der Waals surface area contributed by atoms with Crippen LogP contribution in [0.25, 0.3) is 22.0 Å². The number of hydrogen-bond donors (Lipinski definition) is 2. The first-order valence-electron chi connectivity index (χ1n) is 12.2. The van der Waals surface area contributed by atoms with E-state index >= 15 is 0 Å². The predicted octanol–water partition coefficient (Wildman–Crippen LogP) is 5.03. The maximum Gasteiger partial charge on any atom is 0.354 e. The fourth-order valence-electron chi connectivity index (χ4n) is 4.57. The van der Waals surface area contributed by atoms with Crippen LogP contribution < -0.4 is 5.32 Å². The number of nitrogens with one attached hydrogen (secondary N) is 2. The zero-order valence-electron chi connectivity index (χ0n) is 22.9. The van der Waals surface area contributed by atoms with E-state index in [2.05, 4.69) is 5.32 Å². The molecule has 0 atom stereocenters. The number of thioether (sulfide) groups is 1.